The van der Waals surface area contributed by atoms with Crippen molar-refractivity contribution in [2.24, 2.45) is 0 Å². The number of hydrogen-bond donors (Lipinski definition) is 0. The number of hydrogen-bond acceptors (Lipinski definition) is 2. The second-order valence-corrected chi connectivity index (χ2v) is 3.39. The fourth-order valence-corrected chi connectivity index (χ4v) is 0.950. The molecule has 16 heavy (non-hydrogen) atoms. The van der Waals surface area contributed by atoms with Gasteiger partial charge in [0, 0.05) is 26.1 Å². The molecule has 1 amide bonds. The van der Waals surface area contributed by atoms with E-state index in [2.05, 4.69) is 5.92 Å². The maximum absolute atomic E-state index is 11.5. The second-order valence-electron chi connectivity index (χ2n) is 3.39. The molecule has 3 nitrogen and oxygen atoms in total. The molecule has 0 rings (SSSR count). The zero-order valence-electron chi connectivity index (χ0n) is 10.2. The van der Waals surface area contributed by atoms with Crippen LogP contribution in [0.3, 0.4) is 0 Å². The SMILES string of the molecule is C#CCC/C=C/CN(C)C(=O)/C=C(\C)OC. The number of nitrogens with zero attached hydrogens (tertiary/aromatic N) is 1. The molecule has 0 radical (unpaired) electrons. The highest BCUT2D eigenvalue weighted by Crippen LogP contribution is 1.96. The van der Waals surface area contributed by atoms with Crippen LogP contribution >= 0.6 is 0 Å². The molecule has 0 aliphatic heterocycles. The van der Waals surface area contributed by atoms with Crippen molar-refractivity contribution in [3.8, 4) is 12.3 Å². The lowest BCUT2D eigenvalue weighted by Crippen LogP contribution is -2.25. The number of ether oxygens (including phenoxy) is 1. The van der Waals surface area contributed by atoms with Crippen molar-refractivity contribution in [1.82, 2.24) is 4.90 Å². The number of unbranched alkanes of at least 4 members (excludes halogenated alkanes) is 1. The molecule has 0 aromatic carbocycles. The van der Waals surface area contributed by atoms with Gasteiger partial charge in [0.05, 0.1) is 12.9 Å². The predicted molar refractivity (Wildman–Crippen MR) is 65.6 cm³/mol. The highest BCUT2D eigenvalue weighted by atomic mass is 16.5. The van der Waals surface area contributed by atoms with E-state index in [1.54, 1.807) is 26.0 Å². The molecular weight excluding hydrogens is 202 g/mol. The molecule has 0 unspecified atom stereocenters. The second kappa shape index (κ2) is 8.60. The van der Waals surface area contributed by atoms with Gasteiger partial charge in [0.1, 0.15) is 0 Å². The summed E-state index contributed by atoms with van der Waals surface area (Å²) in [6.07, 6.45) is 12.1. The normalized spacial score (nSPS) is 11.2. The van der Waals surface area contributed by atoms with Crippen molar-refractivity contribution in [3.05, 3.63) is 24.0 Å². The van der Waals surface area contributed by atoms with Crippen LogP contribution < -0.4 is 0 Å². The number of carbonyl (C=O) groups excluding carboxylic acids is 1. The van der Waals surface area contributed by atoms with Crippen molar-refractivity contribution >= 4 is 5.91 Å². The molecule has 0 atom stereocenters. The van der Waals surface area contributed by atoms with Crippen LogP contribution in [0.4, 0.5) is 0 Å². The minimum atomic E-state index is -0.0686. The zero-order valence-corrected chi connectivity index (χ0v) is 10.2. The Bertz CT molecular complexity index is 310. The maximum Gasteiger partial charge on any atom is 0.249 e. The van der Waals surface area contributed by atoms with Crippen LogP contribution in [0, 0.1) is 12.3 Å². The molecule has 0 aromatic rings. The molecule has 0 aromatic heterocycles. The number of likely N-dealkylation sites (N-methyl/N-ethyl adjacent to an activating group) is 1. The highest BCUT2D eigenvalue weighted by molar-refractivity contribution is 5.87. The third kappa shape index (κ3) is 6.72. The summed E-state index contributed by atoms with van der Waals surface area (Å²) in [4.78, 5) is 13.1. The average Bonchev–Trinajstić information content (AvgIpc) is 2.28. The van der Waals surface area contributed by atoms with Crippen LogP contribution in [0.15, 0.2) is 24.0 Å². The first-order valence-electron chi connectivity index (χ1n) is 5.17. The molecule has 0 aliphatic rings. The van der Waals surface area contributed by atoms with E-state index in [-0.39, 0.29) is 5.91 Å². The number of methoxy groups -OCH3 is 1. The smallest absolute Gasteiger partial charge is 0.249 e. The zero-order chi connectivity index (χ0) is 12.4. The number of terminal acetylenes is 1. The van der Waals surface area contributed by atoms with E-state index in [0.29, 0.717) is 12.3 Å². The Hall–Kier alpha value is -1.69. The summed E-state index contributed by atoms with van der Waals surface area (Å²) in [6.45, 7) is 2.32. The standard InChI is InChI=1S/C13H19NO2/c1-5-6-7-8-9-10-14(3)13(15)11-12(2)16-4/h1,8-9,11H,6-7,10H2,2-4H3/b9-8+,12-11+. The molecule has 0 N–H and O–H groups in total. The van der Waals surface area contributed by atoms with E-state index in [0.717, 1.165) is 12.8 Å². The Kier molecular flexibility index (Phi) is 7.70. The van der Waals surface area contributed by atoms with Gasteiger partial charge in [0.25, 0.3) is 0 Å². The van der Waals surface area contributed by atoms with Gasteiger partial charge in [-0.15, -0.1) is 12.3 Å². The van der Waals surface area contributed by atoms with Crippen LogP contribution in [-0.2, 0) is 9.53 Å². The molecule has 0 bridgehead atoms. The van der Waals surface area contributed by atoms with Crippen LogP contribution in [0.5, 0.6) is 0 Å². The highest BCUT2D eigenvalue weighted by Gasteiger charge is 2.03. The average molecular weight is 221 g/mol. The number of amides is 1. The van der Waals surface area contributed by atoms with Crippen molar-refractivity contribution in [1.29, 1.82) is 0 Å². The lowest BCUT2D eigenvalue weighted by molar-refractivity contribution is -0.124. The van der Waals surface area contributed by atoms with E-state index in [9.17, 15) is 4.79 Å². The first kappa shape index (κ1) is 14.3. The maximum atomic E-state index is 11.5. The summed E-state index contributed by atoms with van der Waals surface area (Å²) < 4.78 is 4.90. The molecule has 3 heteroatoms. The van der Waals surface area contributed by atoms with Crippen molar-refractivity contribution < 1.29 is 9.53 Å². The minimum absolute atomic E-state index is 0.0686. The van der Waals surface area contributed by atoms with Crippen LogP contribution in [-0.4, -0.2) is 31.5 Å². The predicted octanol–water partition coefficient (Wildman–Crippen LogP) is 1.96. The summed E-state index contributed by atoms with van der Waals surface area (Å²) in [5.74, 6) is 3.09. The van der Waals surface area contributed by atoms with E-state index < -0.39 is 0 Å². The first-order chi connectivity index (χ1) is 7.61. The van der Waals surface area contributed by atoms with E-state index in [1.807, 2.05) is 12.2 Å². The number of allylic oxidation sites excluding steroid dienone is 2. The van der Waals surface area contributed by atoms with Gasteiger partial charge in [-0.05, 0) is 13.3 Å². The molecule has 0 saturated carbocycles. The molecular formula is C13H19NO2. The Morgan fingerprint density at radius 3 is 2.75 bits per heavy atom. The topological polar surface area (TPSA) is 29.5 Å². The van der Waals surface area contributed by atoms with Gasteiger partial charge in [0.2, 0.25) is 5.91 Å². The fraction of sp³-hybridized carbons (Fsp3) is 0.462. The number of carbonyl (C=O) groups is 1. The Morgan fingerprint density at radius 2 is 2.19 bits per heavy atom. The summed E-state index contributed by atoms with van der Waals surface area (Å²) in [7, 11) is 3.28. The van der Waals surface area contributed by atoms with Gasteiger partial charge >= 0.3 is 0 Å². The van der Waals surface area contributed by atoms with Gasteiger partial charge in [-0.25, -0.2) is 0 Å². The quantitative estimate of drug-likeness (QED) is 0.226. The fourth-order valence-electron chi connectivity index (χ4n) is 0.950. The van der Waals surface area contributed by atoms with Gasteiger partial charge in [-0.3, -0.25) is 4.79 Å². The molecule has 0 fully saturated rings. The molecule has 0 heterocycles. The lowest BCUT2D eigenvalue weighted by Gasteiger charge is -2.12. The van der Waals surface area contributed by atoms with Crippen molar-refractivity contribution in [2.45, 2.75) is 19.8 Å². The van der Waals surface area contributed by atoms with E-state index in [4.69, 9.17) is 11.2 Å². The third-order valence-corrected chi connectivity index (χ3v) is 2.03. The van der Waals surface area contributed by atoms with Crippen LogP contribution in [0.25, 0.3) is 0 Å². The molecule has 88 valence electrons. The van der Waals surface area contributed by atoms with Gasteiger partial charge in [-0.2, -0.15) is 0 Å². The Morgan fingerprint density at radius 1 is 1.50 bits per heavy atom. The third-order valence-electron chi connectivity index (χ3n) is 2.03. The minimum Gasteiger partial charge on any atom is -0.501 e. The largest absolute Gasteiger partial charge is 0.501 e. The lowest BCUT2D eigenvalue weighted by atomic mass is 10.3. The summed E-state index contributed by atoms with van der Waals surface area (Å²) in [5, 5.41) is 0. The first-order valence-corrected chi connectivity index (χ1v) is 5.17. The monoisotopic (exact) mass is 221 g/mol. The Balaban J connectivity index is 3.98. The van der Waals surface area contributed by atoms with Gasteiger partial charge in [-0.1, -0.05) is 12.2 Å². The number of rotatable bonds is 6. The van der Waals surface area contributed by atoms with Crippen molar-refractivity contribution in [2.75, 3.05) is 20.7 Å². The summed E-state index contributed by atoms with van der Waals surface area (Å²) in [6, 6.07) is 0. The van der Waals surface area contributed by atoms with E-state index >= 15 is 0 Å². The molecule has 0 saturated heterocycles. The Labute approximate surface area is 97.8 Å². The van der Waals surface area contributed by atoms with Crippen LogP contribution in [0.2, 0.25) is 0 Å². The van der Waals surface area contributed by atoms with Gasteiger partial charge < -0.3 is 9.64 Å². The molecule has 0 spiro atoms. The van der Waals surface area contributed by atoms with Crippen molar-refractivity contribution in [3.63, 3.8) is 0 Å². The molecule has 0 aliphatic carbocycles. The summed E-state index contributed by atoms with van der Waals surface area (Å²) >= 11 is 0. The summed E-state index contributed by atoms with van der Waals surface area (Å²) in [5.41, 5.74) is 0. The van der Waals surface area contributed by atoms with Gasteiger partial charge in [0.15, 0.2) is 0 Å². The van der Waals surface area contributed by atoms with Crippen LogP contribution in [0.1, 0.15) is 19.8 Å². The van der Waals surface area contributed by atoms with E-state index in [1.165, 1.54) is 6.08 Å².